The lowest BCUT2D eigenvalue weighted by Gasteiger charge is -2.13. The van der Waals surface area contributed by atoms with Crippen LogP contribution in [-0.2, 0) is 9.53 Å². The summed E-state index contributed by atoms with van der Waals surface area (Å²) in [6.45, 7) is 3.64. The molecule has 24 heavy (non-hydrogen) atoms. The van der Waals surface area contributed by atoms with E-state index in [0.29, 0.717) is 6.42 Å². The molecule has 0 aliphatic heterocycles. The molecule has 0 bridgehead atoms. The van der Waals surface area contributed by atoms with Gasteiger partial charge in [0.05, 0.1) is 12.8 Å². The molecule has 2 aromatic rings. The van der Waals surface area contributed by atoms with E-state index in [9.17, 15) is 4.79 Å². The van der Waals surface area contributed by atoms with E-state index in [-0.39, 0.29) is 5.97 Å². The summed E-state index contributed by atoms with van der Waals surface area (Å²) in [6.07, 6.45) is 5.80. The summed E-state index contributed by atoms with van der Waals surface area (Å²) in [4.78, 5) is 16.8. The van der Waals surface area contributed by atoms with Gasteiger partial charge >= 0.3 is 5.97 Å². The lowest BCUT2D eigenvalue weighted by molar-refractivity contribution is -0.141. The monoisotopic (exact) mass is 319 g/mol. The van der Waals surface area contributed by atoms with Crippen LogP contribution in [-0.4, -0.2) is 24.8 Å². The molecule has 0 spiro atoms. The first-order valence-electron chi connectivity index (χ1n) is 7.80. The summed E-state index contributed by atoms with van der Waals surface area (Å²) in [5, 5.41) is 0. The zero-order valence-corrected chi connectivity index (χ0v) is 13.8. The molecule has 0 saturated carbocycles. The Bertz CT molecular complexity index is 677. The molecule has 122 valence electrons. The summed E-state index contributed by atoms with van der Waals surface area (Å²) < 4.78 is 4.91. The van der Waals surface area contributed by atoms with Crippen LogP contribution in [0.25, 0.3) is 0 Å². The Morgan fingerprint density at radius 2 is 1.62 bits per heavy atom. The number of ether oxygens (including phenoxy) is 1. The number of esters is 1. The predicted octanol–water partition coefficient (Wildman–Crippen LogP) is 4.20. The normalized spacial score (nSPS) is 11.7. The van der Waals surface area contributed by atoms with Crippen molar-refractivity contribution in [3.05, 3.63) is 96.6 Å². The molecule has 0 aliphatic rings. The highest BCUT2D eigenvalue weighted by Gasteiger charge is 2.18. The van der Waals surface area contributed by atoms with Crippen LogP contribution in [0.3, 0.4) is 0 Å². The second kappa shape index (κ2) is 9.26. The average molecular weight is 319 g/mol. The van der Waals surface area contributed by atoms with Crippen molar-refractivity contribution in [1.82, 2.24) is 0 Å². The van der Waals surface area contributed by atoms with Crippen molar-refractivity contribution in [2.24, 2.45) is 4.99 Å². The fourth-order valence-corrected chi connectivity index (χ4v) is 2.30. The first-order chi connectivity index (χ1) is 11.8. The largest absolute Gasteiger partial charge is 0.467 e. The summed E-state index contributed by atoms with van der Waals surface area (Å²) in [6, 6.07) is 19.1. The molecule has 0 radical (unpaired) electrons. The number of hydrogen-bond acceptors (Lipinski definition) is 3. The highest BCUT2D eigenvalue weighted by atomic mass is 16.5. The number of benzene rings is 2. The molecular formula is C21H21NO2. The molecule has 2 rings (SSSR count). The van der Waals surface area contributed by atoms with Crippen LogP contribution in [0.5, 0.6) is 0 Å². The van der Waals surface area contributed by atoms with Gasteiger partial charge in [0.25, 0.3) is 0 Å². The van der Waals surface area contributed by atoms with Crippen LogP contribution in [0.1, 0.15) is 17.5 Å². The van der Waals surface area contributed by atoms with E-state index >= 15 is 0 Å². The Balaban J connectivity index is 2.46. The molecule has 3 heteroatoms. The summed E-state index contributed by atoms with van der Waals surface area (Å²) >= 11 is 0. The van der Waals surface area contributed by atoms with Crippen molar-refractivity contribution < 1.29 is 9.53 Å². The van der Waals surface area contributed by atoms with E-state index in [1.807, 2.05) is 66.7 Å². The third-order valence-electron chi connectivity index (χ3n) is 3.48. The number of carbonyl (C=O) groups excluding carboxylic acids is 1. The van der Waals surface area contributed by atoms with Crippen molar-refractivity contribution in [3.63, 3.8) is 0 Å². The third kappa shape index (κ3) is 4.78. The molecule has 0 N–H and O–H groups in total. The van der Waals surface area contributed by atoms with E-state index in [1.54, 1.807) is 12.2 Å². The molecule has 0 aromatic heterocycles. The van der Waals surface area contributed by atoms with Crippen LogP contribution in [0.15, 0.2) is 90.5 Å². The first-order valence-corrected chi connectivity index (χ1v) is 7.80. The van der Waals surface area contributed by atoms with Gasteiger partial charge < -0.3 is 4.74 Å². The Kier molecular flexibility index (Phi) is 6.72. The topological polar surface area (TPSA) is 38.7 Å². The van der Waals surface area contributed by atoms with E-state index < -0.39 is 6.04 Å². The number of allylic oxidation sites excluding steroid dienone is 2. The molecule has 0 amide bonds. The molecule has 0 aliphatic carbocycles. The van der Waals surface area contributed by atoms with Gasteiger partial charge in [-0.25, -0.2) is 4.79 Å². The zero-order valence-electron chi connectivity index (χ0n) is 13.8. The highest BCUT2D eigenvalue weighted by molar-refractivity contribution is 6.13. The molecule has 2 aromatic carbocycles. The van der Waals surface area contributed by atoms with E-state index in [2.05, 4.69) is 6.58 Å². The Labute approximate surface area is 143 Å². The van der Waals surface area contributed by atoms with Crippen molar-refractivity contribution in [1.29, 1.82) is 0 Å². The van der Waals surface area contributed by atoms with Crippen LogP contribution >= 0.6 is 0 Å². The number of rotatable bonds is 7. The molecule has 1 atom stereocenters. The van der Waals surface area contributed by atoms with Gasteiger partial charge in [-0.05, 0) is 6.42 Å². The van der Waals surface area contributed by atoms with Gasteiger partial charge in [0, 0.05) is 11.1 Å². The quantitative estimate of drug-likeness (QED) is 0.436. The fourth-order valence-electron chi connectivity index (χ4n) is 2.30. The van der Waals surface area contributed by atoms with Crippen LogP contribution in [0.4, 0.5) is 0 Å². The summed E-state index contributed by atoms with van der Waals surface area (Å²) in [7, 11) is 1.38. The third-order valence-corrected chi connectivity index (χ3v) is 3.48. The minimum absolute atomic E-state index is 0.354. The van der Waals surface area contributed by atoms with Crippen LogP contribution < -0.4 is 0 Å². The Hall–Kier alpha value is -2.94. The maximum Gasteiger partial charge on any atom is 0.330 e. The lowest BCUT2D eigenvalue weighted by atomic mass is 10.0. The van der Waals surface area contributed by atoms with Gasteiger partial charge in [-0.15, -0.1) is 0 Å². The SMILES string of the molecule is C=C/C=C/CC(N=C(c1ccccc1)c1ccccc1)C(=O)OC. The van der Waals surface area contributed by atoms with E-state index in [1.165, 1.54) is 7.11 Å². The average Bonchev–Trinajstić information content (AvgIpc) is 2.65. The first kappa shape index (κ1) is 17.4. The number of carbonyl (C=O) groups is 1. The fraction of sp³-hybridized carbons (Fsp3) is 0.143. The van der Waals surface area contributed by atoms with Crippen molar-refractivity contribution in [2.75, 3.05) is 7.11 Å². The van der Waals surface area contributed by atoms with Gasteiger partial charge in [0.1, 0.15) is 0 Å². The summed E-state index contributed by atoms with van der Waals surface area (Å²) in [5.74, 6) is -0.354. The van der Waals surface area contributed by atoms with Crippen LogP contribution in [0, 0.1) is 0 Å². The standard InChI is InChI=1S/C21H21NO2/c1-3-4-7-16-19(21(23)24-2)22-20(17-12-8-5-9-13-17)18-14-10-6-11-15-18/h3-15,19H,1,16H2,2H3/b7-4+. The van der Waals surface area contributed by atoms with E-state index in [4.69, 9.17) is 9.73 Å². The second-order valence-corrected chi connectivity index (χ2v) is 5.15. The molecule has 0 heterocycles. The van der Waals surface area contributed by atoms with Gasteiger partial charge in [-0.3, -0.25) is 4.99 Å². The highest BCUT2D eigenvalue weighted by Crippen LogP contribution is 2.14. The maximum atomic E-state index is 12.1. The molecule has 1 unspecified atom stereocenters. The number of nitrogens with zero attached hydrogens (tertiary/aromatic N) is 1. The van der Waals surface area contributed by atoms with Gasteiger partial charge in [-0.1, -0.05) is 85.5 Å². The van der Waals surface area contributed by atoms with Crippen LogP contribution in [0.2, 0.25) is 0 Å². The minimum Gasteiger partial charge on any atom is -0.467 e. The maximum absolute atomic E-state index is 12.1. The molecule has 0 saturated heterocycles. The Morgan fingerprint density at radius 3 is 2.08 bits per heavy atom. The number of methoxy groups -OCH3 is 1. The number of aliphatic imine (C=N–C) groups is 1. The van der Waals surface area contributed by atoms with Gasteiger partial charge in [0.15, 0.2) is 6.04 Å². The zero-order chi connectivity index (χ0) is 17.2. The molecule has 0 fully saturated rings. The van der Waals surface area contributed by atoms with Crippen molar-refractivity contribution >= 4 is 11.7 Å². The van der Waals surface area contributed by atoms with E-state index in [0.717, 1.165) is 16.8 Å². The molecule has 3 nitrogen and oxygen atoms in total. The predicted molar refractivity (Wildman–Crippen MR) is 98.3 cm³/mol. The summed E-state index contributed by atoms with van der Waals surface area (Å²) in [5.41, 5.74) is 2.70. The van der Waals surface area contributed by atoms with Gasteiger partial charge in [-0.2, -0.15) is 0 Å². The van der Waals surface area contributed by atoms with Crippen molar-refractivity contribution in [3.8, 4) is 0 Å². The van der Waals surface area contributed by atoms with Gasteiger partial charge in [0.2, 0.25) is 0 Å². The smallest absolute Gasteiger partial charge is 0.330 e. The lowest BCUT2D eigenvalue weighted by Crippen LogP contribution is -2.22. The second-order valence-electron chi connectivity index (χ2n) is 5.15. The Morgan fingerprint density at radius 1 is 1.08 bits per heavy atom. The minimum atomic E-state index is -0.596. The number of hydrogen-bond donors (Lipinski definition) is 0. The van der Waals surface area contributed by atoms with Crippen molar-refractivity contribution in [2.45, 2.75) is 12.5 Å². The molecular weight excluding hydrogens is 298 g/mol.